The first-order valence-corrected chi connectivity index (χ1v) is 17.8. The third-order valence-corrected chi connectivity index (χ3v) is 14.4. The van der Waals surface area contributed by atoms with Gasteiger partial charge < -0.3 is 19.5 Å². The number of aryl methyl sites for hydroxylation is 1. The number of anilines is 2. The molecule has 8 nitrogen and oxygen atoms in total. The summed E-state index contributed by atoms with van der Waals surface area (Å²) < 4.78 is 11.7. The first kappa shape index (κ1) is 29.3. The minimum absolute atomic E-state index is 0.0593. The average Bonchev–Trinajstić information content (AvgIpc) is 3.49. The maximum Gasteiger partial charge on any atom is 0.346 e. The fraction of sp³-hybridized carbons (Fsp3) is 0.517. The number of thiol groups is 1. The Balaban J connectivity index is 1.07. The lowest BCUT2D eigenvalue weighted by Crippen LogP contribution is -2.46. The molecule has 1 atom stereocenters. The molecule has 40 heavy (non-hydrogen) atoms. The summed E-state index contributed by atoms with van der Waals surface area (Å²) in [5.41, 5.74) is 2.80. The molecule has 220 valence electrons. The summed E-state index contributed by atoms with van der Waals surface area (Å²) >= 11 is 12.6. The number of amides is 1. The zero-order valence-corrected chi connectivity index (χ0v) is 25.7. The highest BCUT2D eigenvalue weighted by atomic mass is 35.5. The van der Waals surface area contributed by atoms with Gasteiger partial charge in [-0.25, -0.2) is 4.79 Å². The molecule has 5 rings (SSSR count). The number of hydrogen-bond acceptors (Lipinski definition) is 7. The predicted molar refractivity (Wildman–Crippen MR) is 167 cm³/mol. The molecule has 0 spiro atoms. The summed E-state index contributed by atoms with van der Waals surface area (Å²) in [6.45, 7) is 7.28. The molecular weight excluding hydrogens is 571 g/mol. The van der Waals surface area contributed by atoms with Crippen LogP contribution in [0, 0.1) is 0 Å². The fourth-order valence-electron chi connectivity index (χ4n) is 5.54. The van der Waals surface area contributed by atoms with E-state index >= 15 is 0 Å². The van der Waals surface area contributed by atoms with E-state index in [1.807, 2.05) is 49.6 Å². The second kappa shape index (κ2) is 11.6. The van der Waals surface area contributed by atoms with Crippen LogP contribution >= 0.6 is 32.5 Å². The highest BCUT2D eigenvalue weighted by Gasteiger charge is 2.60. The van der Waals surface area contributed by atoms with Crippen molar-refractivity contribution in [2.45, 2.75) is 37.9 Å². The van der Waals surface area contributed by atoms with Crippen LogP contribution in [0.4, 0.5) is 16.2 Å². The summed E-state index contributed by atoms with van der Waals surface area (Å²) in [6, 6.07) is 11.6. The van der Waals surface area contributed by atoms with E-state index in [4.69, 9.17) is 37.8 Å². The smallest absolute Gasteiger partial charge is 0.346 e. The minimum Gasteiger partial charge on any atom is -0.494 e. The second-order valence-corrected chi connectivity index (χ2v) is 18.0. The molecule has 3 heterocycles. The number of nitrogens with zero attached hydrogens (tertiary/aromatic N) is 3. The van der Waals surface area contributed by atoms with Crippen molar-refractivity contribution in [2.24, 2.45) is 5.14 Å². The molecular formula is C29H40Cl2N4O4S. The minimum atomic E-state index is -2.90. The lowest BCUT2D eigenvalue weighted by Gasteiger charge is -2.36. The Hall–Kier alpha value is -2.17. The molecule has 3 aliphatic heterocycles. The summed E-state index contributed by atoms with van der Waals surface area (Å²) in [5, 5.41) is 7.49. The van der Waals surface area contributed by atoms with E-state index in [9.17, 15) is 9.59 Å². The van der Waals surface area contributed by atoms with Crippen LogP contribution in [-0.2, 0) is 16.0 Å². The van der Waals surface area contributed by atoms with Gasteiger partial charge in [0.15, 0.2) is 6.73 Å². The molecule has 11 heteroatoms. The Labute approximate surface area is 247 Å². The van der Waals surface area contributed by atoms with Crippen molar-refractivity contribution >= 4 is 55.1 Å². The predicted octanol–water partition coefficient (Wildman–Crippen LogP) is 5.33. The number of piperazine rings is 1. The van der Waals surface area contributed by atoms with Gasteiger partial charge in [-0.1, -0.05) is 42.3 Å². The number of benzene rings is 2. The third kappa shape index (κ3) is 6.04. The van der Waals surface area contributed by atoms with E-state index in [1.165, 1.54) is 0 Å². The number of hydrogen-bond donors (Lipinski definition) is 2. The summed E-state index contributed by atoms with van der Waals surface area (Å²) in [7, 11) is -2.90. The molecule has 2 fully saturated rings. The first-order chi connectivity index (χ1) is 19.1. The molecule has 0 saturated carbocycles. The van der Waals surface area contributed by atoms with Crippen LogP contribution < -0.4 is 19.7 Å². The molecule has 2 saturated heterocycles. The molecule has 2 aromatic carbocycles. The number of unbranched alkanes of at least 4 members (excludes halogenated alkanes) is 1. The van der Waals surface area contributed by atoms with Gasteiger partial charge in [0.1, 0.15) is 5.75 Å². The summed E-state index contributed by atoms with van der Waals surface area (Å²) in [4.78, 5) is 31.8. The number of carbonyl (C=O) groups excluding carboxylic acids is 2. The van der Waals surface area contributed by atoms with Gasteiger partial charge in [0.25, 0.3) is 0 Å². The van der Waals surface area contributed by atoms with Gasteiger partial charge in [0.05, 0.1) is 28.0 Å². The monoisotopic (exact) mass is 610 g/mol. The van der Waals surface area contributed by atoms with Gasteiger partial charge in [-0.2, -0.15) is 9.35 Å². The van der Waals surface area contributed by atoms with Crippen molar-refractivity contribution in [1.82, 2.24) is 4.90 Å². The number of nitrogens with two attached hydrogens (primary N) is 1. The summed E-state index contributed by atoms with van der Waals surface area (Å²) in [6.07, 6.45) is 4.87. The van der Waals surface area contributed by atoms with Crippen LogP contribution in [0.1, 0.15) is 31.7 Å². The molecule has 3 aliphatic rings. The highest BCUT2D eigenvalue weighted by Crippen LogP contribution is 2.78. The molecule has 2 aromatic rings. The highest BCUT2D eigenvalue weighted by molar-refractivity contribution is 8.63. The van der Waals surface area contributed by atoms with E-state index in [0.717, 1.165) is 62.5 Å². The third-order valence-electron chi connectivity index (χ3n) is 8.72. The molecule has 1 unspecified atom stereocenters. The van der Waals surface area contributed by atoms with Gasteiger partial charge in [-0.05, 0) is 66.8 Å². The van der Waals surface area contributed by atoms with E-state index < -0.39 is 9.35 Å². The van der Waals surface area contributed by atoms with Crippen LogP contribution in [0.15, 0.2) is 36.4 Å². The van der Waals surface area contributed by atoms with E-state index in [0.29, 0.717) is 41.0 Å². The Bertz CT molecular complexity index is 1280. The topological polar surface area (TPSA) is 88.3 Å². The number of halogens is 2. The van der Waals surface area contributed by atoms with Gasteiger partial charge in [-0.15, -0.1) is 0 Å². The quantitative estimate of drug-likeness (QED) is 0.172. The maximum atomic E-state index is 12.7. The number of ether oxygens (including phenoxy) is 2. The molecule has 0 bridgehead atoms. The van der Waals surface area contributed by atoms with Crippen LogP contribution in [0.25, 0.3) is 0 Å². The zero-order chi connectivity index (χ0) is 28.5. The largest absolute Gasteiger partial charge is 0.494 e. The van der Waals surface area contributed by atoms with Crippen molar-refractivity contribution < 1.29 is 19.1 Å². The van der Waals surface area contributed by atoms with E-state index in [-0.39, 0.29) is 23.2 Å². The van der Waals surface area contributed by atoms with Gasteiger partial charge in [-0.3, -0.25) is 14.6 Å². The maximum absolute atomic E-state index is 12.7. The Morgan fingerprint density at radius 1 is 1.07 bits per heavy atom. The molecule has 2 N–H and O–H groups in total. The van der Waals surface area contributed by atoms with Crippen molar-refractivity contribution in [3.8, 4) is 5.75 Å². The lowest BCUT2D eigenvalue weighted by atomic mass is 10.0. The average molecular weight is 612 g/mol. The number of rotatable bonds is 9. The van der Waals surface area contributed by atoms with Crippen LogP contribution in [0.5, 0.6) is 5.75 Å². The van der Waals surface area contributed by atoms with Crippen molar-refractivity contribution in [2.75, 3.05) is 67.9 Å². The van der Waals surface area contributed by atoms with E-state index in [1.54, 1.807) is 4.90 Å². The Morgan fingerprint density at radius 3 is 2.55 bits per heavy atom. The standard InChI is InChI=1S/C29H40Cl2N4O4S/c1-21-19-40(21,2,32)29(37)39-20-35-26-18-23(10-8-22(26)9-11-27(35)36)38-17-4-3-12-33-13-15-34(16-14-33)25-7-5-6-24(30)28(25)31/h5-8,10,18,21,40H,3-4,9,11-17,19-20,32H2,1-2H3. The molecule has 1 amide bonds. The zero-order valence-electron chi connectivity index (χ0n) is 23.3. The van der Waals surface area contributed by atoms with Crippen molar-refractivity contribution in [1.29, 1.82) is 0 Å². The lowest BCUT2D eigenvalue weighted by molar-refractivity contribution is -0.119. The van der Waals surface area contributed by atoms with Crippen LogP contribution in [0.2, 0.25) is 10.0 Å². The van der Waals surface area contributed by atoms with Crippen LogP contribution in [-0.4, -0.2) is 79.4 Å². The van der Waals surface area contributed by atoms with Crippen molar-refractivity contribution in [3.63, 3.8) is 0 Å². The van der Waals surface area contributed by atoms with Gasteiger partial charge >= 0.3 is 5.30 Å². The normalized spacial score (nSPS) is 22.7. The van der Waals surface area contributed by atoms with E-state index in [2.05, 4.69) is 9.80 Å². The SMILES string of the molecule is CC1C[SH]1(C)(N)C(=O)OCN1C(=O)CCc2ccc(OCCCCN3CCN(c4cccc(Cl)c4Cl)CC3)cc21. The van der Waals surface area contributed by atoms with Crippen LogP contribution in [0.3, 0.4) is 0 Å². The first-order valence-electron chi connectivity index (χ1n) is 14.0. The number of fused-ring (bicyclic) bond motifs is 1. The van der Waals surface area contributed by atoms with Crippen molar-refractivity contribution in [3.05, 3.63) is 52.0 Å². The van der Waals surface area contributed by atoms with Gasteiger partial charge in [0.2, 0.25) is 5.91 Å². The van der Waals surface area contributed by atoms with Gasteiger partial charge in [0, 0.05) is 38.7 Å². The Morgan fingerprint density at radius 2 is 1.82 bits per heavy atom. The fourth-order valence-corrected chi connectivity index (χ4v) is 9.22. The second-order valence-electron chi connectivity index (χ2n) is 11.6. The molecule has 0 aliphatic carbocycles. The number of carbonyl (C=O) groups is 2. The molecule has 0 aromatic heterocycles. The Kier molecular flexibility index (Phi) is 8.51. The summed E-state index contributed by atoms with van der Waals surface area (Å²) in [5.74, 6) is 1.36. The molecule has 0 radical (unpaired) electrons.